The summed E-state index contributed by atoms with van der Waals surface area (Å²) in [5, 5.41) is 2.64. The minimum Gasteiger partial charge on any atom is -0.482 e. The van der Waals surface area contributed by atoms with Gasteiger partial charge in [0.15, 0.2) is 6.61 Å². The van der Waals surface area contributed by atoms with Crippen molar-refractivity contribution in [1.29, 1.82) is 0 Å². The largest absolute Gasteiger partial charge is 0.482 e. The molecule has 1 aromatic rings. The first-order valence-electron chi connectivity index (χ1n) is 9.77. The number of esters is 1. The van der Waals surface area contributed by atoms with Gasteiger partial charge in [-0.25, -0.2) is 9.59 Å². The van der Waals surface area contributed by atoms with Crippen LogP contribution in [0.25, 0.3) is 0 Å². The Hall–Kier alpha value is -2.77. The average molecular weight is 406 g/mol. The van der Waals surface area contributed by atoms with Crippen LogP contribution in [0.3, 0.4) is 0 Å². The van der Waals surface area contributed by atoms with Crippen LogP contribution in [0, 0.1) is 5.92 Å². The van der Waals surface area contributed by atoms with E-state index in [4.69, 9.17) is 14.2 Å². The normalized spacial score (nSPS) is 14.7. The number of nitrogens with one attached hydrogen (secondary N) is 1. The molecule has 1 N–H and O–H groups in total. The van der Waals surface area contributed by atoms with E-state index >= 15 is 0 Å². The summed E-state index contributed by atoms with van der Waals surface area (Å²) < 4.78 is 16.1. The Labute approximate surface area is 171 Å². The monoisotopic (exact) mass is 406 g/mol. The summed E-state index contributed by atoms with van der Waals surface area (Å²) in [6.07, 6.45) is -0.235. The fourth-order valence-electron chi connectivity index (χ4n) is 2.81. The number of hydrogen-bond donors (Lipinski definition) is 1. The zero-order chi connectivity index (χ0) is 21.8. The van der Waals surface area contributed by atoms with Crippen LogP contribution in [-0.2, 0) is 19.1 Å². The summed E-state index contributed by atoms with van der Waals surface area (Å²) in [4.78, 5) is 38.7. The minimum atomic E-state index is -0.777. The predicted molar refractivity (Wildman–Crippen MR) is 109 cm³/mol. The first-order chi connectivity index (χ1) is 13.5. The summed E-state index contributed by atoms with van der Waals surface area (Å²) in [5.41, 5.74) is 0.187. The molecule has 29 heavy (non-hydrogen) atoms. The van der Waals surface area contributed by atoms with Crippen molar-refractivity contribution in [2.75, 3.05) is 23.4 Å². The number of fused-ring (bicyclic) bond motifs is 1. The van der Waals surface area contributed by atoms with E-state index in [0.717, 1.165) is 0 Å². The second-order valence-electron chi connectivity index (χ2n) is 8.31. The summed E-state index contributed by atoms with van der Waals surface area (Å²) in [5.74, 6) is -0.170. The fourth-order valence-corrected chi connectivity index (χ4v) is 2.81. The Morgan fingerprint density at radius 2 is 1.97 bits per heavy atom. The van der Waals surface area contributed by atoms with Gasteiger partial charge in [-0.05, 0) is 51.3 Å². The average Bonchev–Trinajstić information content (AvgIpc) is 2.60. The predicted octanol–water partition coefficient (Wildman–Crippen LogP) is 3.74. The molecular formula is C21H30N2O6. The smallest absolute Gasteiger partial charge is 0.412 e. The van der Waals surface area contributed by atoms with E-state index < -0.39 is 23.7 Å². The molecule has 160 valence electrons. The molecule has 8 nitrogen and oxygen atoms in total. The molecule has 8 heteroatoms. The van der Waals surface area contributed by atoms with Crippen molar-refractivity contribution in [2.45, 2.75) is 59.6 Å². The maximum absolute atomic E-state index is 12.6. The molecule has 0 bridgehead atoms. The van der Waals surface area contributed by atoms with Gasteiger partial charge in [-0.2, -0.15) is 0 Å². The summed E-state index contributed by atoms with van der Waals surface area (Å²) in [6, 6.07) is 4.11. The van der Waals surface area contributed by atoms with Crippen LogP contribution in [0.1, 0.15) is 48.0 Å². The molecular weight excluding hydrogens is 376 g/mol. The molecule has 1 aliphatic heterocycles. The molecule has 0 radical (unpaired) electrons. The number of nitrogens with zero attached hydrogens (tertiary/aromatic N) is 1. The molecule has 1 unspecified atom stereocenters. The molecule has 1 aromatic carbocycles. The van der Waals surface area contributed by atoms with Crippen LogP contribution < -0.4 is 15.0 Å². The maximum Gasteiger partial charge on any atom is 0.412 e. The second kappa shape index (κ2) is 9.15. The van der Waals surface area contributed by atoms with E-state index in [1.165, 1.54) is 4.90 Å². The van der Waals surface area contributed by atoms with Crippen LogP contribution in [-0.4, -0.2) is 42.8 Å². The lowest BCUT2D eigenvalue weighted by Crippen LogP contribution is -2.50. The van der Waals surface area contributed by atoms with Crippen molar-refractivity contribution in [1.82, 2.24) is 0 Å². The molecule has 1 heterocycles. The van der Waals surface area contributed by atoms with Crippen molar-refractivity contribution < 1.29 is 28.6 Å². The Bertz CT molecular complexity index is 769. The maximum atomic E-state index is 12.6. The highest BCUT2D eigenvalue weighted by molar-refractivity contribution is 6.03. The Kier molecular flexibility index (Phi) is 7.11. The molecule has 2 rings (SSSR count). The lowest BCUT2D eigenvalue weighted by atomic mass is 10.1. The van der Waals surface area contributed by atoms with Crippen molar-refractivity contribution in [3.63, 3.8) is 0 Å². The number of rotatable bonds is 6. The van der Waals surface area contributed by atoms with Crippen LogP contribution in [0.5, 0.6) is 5.75 Å². The lowest BCUT2D eigenvalue weighted by molar-refractivity contribution is -0.147. The Morgan fingerprint density at radius 1 is 1.28 bits per heavy atom. The van der Waals surface area contributed by atoms with Gasteiger partial charge in [-0.15, -0.1) is 0 Å². The molecule has 1 aliphatic rings. The molecule has 1 atom stereocenters. The highest BCUT2D eigenvalue weighted by atomic mass is 16.6. The van der Waals surface area contributed by atoms with E-state index in [0.29, 0.717) is 23.5 Å². The highest BCUT2D eigenvalue weighted by Crippen LogP contribution is 2.36. The lowest BCUT2D eigenvalue weighted by Gasteiger charge is -2.34. The van der Waals surface area contributed by atoms with Gasteiger partial charge in [0.25, 0.3) is 5.91 Å². The first-order valence-corrected chi connectivity index (χ1v) is 9.77. The van der Waals surface area contributed by atoms with Gasteiger partial charge in [0, 0.05) is 5.69 Å². The van der Waals surface area contributed by atoms with E-state index in [2.05, 4.69) is 5.32 Å². The summed E-state index contributed by atoms with van der Waals surface area (Å²) in [7, 11) is 0. The van der Waals surface area contributed by atoms with Gasteiger partial charge >= 0.3 is 12.1 Å². The van der Waals surface area contributed by atoms with Gasteiger partial charge in [0.05, 0.1) is 12.3 Å². The number of ether oxygens (including phenoxy) is 3. The molecule has 0 aromatic heterocycles. The van der Waals surface area contributed by atoms with E-state index in [9.17, 15) is 14.4 Å². The summed E-state index contributed by atoms with van der Waals surface area (Å²) in [6.45, 7) is 11.1. The van der Waals surface area contributed by atoms with Crippen LogP contribution in [0.4, 0.5) is 16.2 Å². The minimum absolute atomic E-state index is 0.167. The van der Waals surface area contributed by atoms with E-state index in [1.54, 1.807) is 39.0 Å². The number of anilines is 2. The first kappa shape index (κ1) is 22.5. The Balaban J connectivity index is 2.29. The van der Waals surface area contributed by atoms with Crippen LogP contribution >= 0.6 is 0 Å². The third-order valence-electron chi connectivity index (χ3n) is 4.01. The van der Waals surface area contributed by atoms with Crippen LogP contribution in [0.15, 0.2) is 18.2 Å². The number of hydrogen-bond acceptors (Lipinski definition) is 6. The molecule has 0 saturated heterocycles. The fraction of sp³-hybridized carbons (Fsp3) is 0.571. The van der Waals surface area contributed by atoms with Gasteiger partial charge < -0.3 is 14.2 Å². The number of carbonyl (C=O) groups excluding carboxylic acids is 3. The van der Waals surface area contributed by atoms with Crippen molar-refractivity contribution in [3.05, 3.63) is 18.2 Å². The summed E-state index contributed by atoms with van der Waals surface area (Å²) >= 11 is 0. The third-order valence-corrected chi connectivity index (χ3v) is 4.01. The molecule has 0 spiro atoms. The van der Waals surface area contributed by atoms with E-state index in [1.807, 2.05) is 20.8 Å². The van der Waals surface area contributed by atoms with Crippen molar-refractivity contribution >= 4 is 29.3 Å². The molecule has 0 fully saturated rings. The topological polar surface area (TPSA) is 94.2 Å². The van der Waals surface area contributed by atoms with E-state index in [-0.39, 0.29) is 25.0 Å². The number of carbonyl (C=O) groups is 3. The van der Waals surface area contributed by atoms with Gasteiger partial charge in [0.2, 0.25) is 0 Å². The van der Waals surface area contributed by atoms with Crippen molar-refractivity contribution in [3.8, 4) is 5.75 Å². The third kappa shape index (κ3) is 6.10. The zero-order valence-corrected chi connectivity index (χ0v) is 17.9. The zero-order valence-electron chi connectivity index (χ0n) is 17.9. The quantitative estimate of drug-likeness (QED) is 0.724. The number of benzene rings is 1. The SMILES string of the molecule is CCC(C(=O)OCC(C)C)N1C(=O)COc2ccc(NC(=O)OC(C)(C)C)cc21. The highest BCUT2D eigenvalue weighted by Gasteiger charge is 2.36. The standard InChI is InChI=1S/C21H30N2O6/c1-7-15(19(25)28-11-13(2)3)23-16-10-14(22-20(26)29-21(4,5)6)8-9-17(16)27-12-18(23)24/h8-10,13,15H,7,11-12H2,1-6H3,(H,22,26). The molecule has 0 aliphatic carbocycles. The van der Waals surface area contributed by atoms with Gasteiger partial charge in [0.1, 0.15) is 17.4 Å². The second-order valence-corrected chi connectivity index (χ2v) is 8.31. The number of amides is 2. The molecule has 2 amide bonds. The van der Waals surface area contributed by atoms with Gasteiger partial charge in [-0.1, -0.05) is 20.8 Å². The van der Waals surface area contributed by atoms with Crippen LogP contribution in [0.2, 0.25) is 0 Å². The molecule has 0 saturated carbocycles. The van der Waals surface area contributed by atoms with Gasteiger partial charge in [-0.3, -0.25) is 15.0 Å². The van der Waals surface area contributed by atoms with Crippen molar-refractivity contribution in [2.24, 2.45) is 5.92 Å². The Morgan fingerprint density at radius 3 is 2.55 bits per heavy atom.